The molecule has 0 spiro atoms. The highest BCUT2D eigenvalue weighted by atomic mass is 32.1. The van der Waals surface area contributed by atoms with Crippen LogP contribution in [-0.4, -0.2) is 33.0 Å². The number of aromatic amines is 1. The molecule has 2 heterocycles. The number of carboxylic acid groups (broad SMARTS) is 1. The van der Waals surface area contributed by atoms with Crippen molar-refractivity contribution in [2.75, 3.05) is 0 Å². The number of aliphatic carboxylic acids is 1. The monoisotopic (exact) mass is 333 g/mol. The number of aromatic nitrogens is 2. The maximum atomic E-state index is 13.2. The van der Waals surface area contributed by atoms with Gasteiger partial charge in [-0.3, -0.25) is 4.79 Å². The number of fused-ring (bicyclic) bond motifs is 1. The van der Waals surface area contributed by atoms with Gasteiger partial charge in [0.15, 0.2) is 0 Å². The van der Waals surface area contributed by atoms with Crippen LogP contribution in [-0.2, 0) is 11.2 Å². The van der Waals surface area contributed by atoms with Crippen LogP contribution in [0.5, 0.6) is 0 Å². The minimum absolute atomic E-state index is 0.0802. The van der Waals surface area contributed by atoms with Crippen LogP contribution in [0.3, 0.4) is 0 Å². The van der Waals surface area contributed by atoms with Crippen molar-refractivity contribution in [3.05, 3.63) is 52.4 Å². The summed E-state index contributed by atoms with van der Waals surface area (Å²) in [6.45, 7) is 0. The van der Waals surface area contributed by atoms with Crippen molar-refractivity contribution in [2.45, 2.75) is 12.5 Å². The second kappa shape index (κ2) is 6.17. The molecule has 3 aromatic rings. The first-order valence-corrected chi connectivity index (χ1v) is 7.66. The zero-order valence-corrected chi connectivity index (χ0v) is 12.6. The zero-order valence-electron chi connectivity index (χ0n) is 11.7. The molecule has 0 bridgehead atoms. The summed E-state index contributed by atoms with van der Waals surface area (Å²) < 4.78 is 13.2. The maximum absolute atomic E-state index is 13.2. The molecular formula is C15H12FN3O3S. The second-order valence-electron chi connectivity index (χ2n) is 4.95. The highest BCUT2D eigenvalue weighted by molar-refractivity contribution is 7.07. The van der Waals surface area contributed by atoms with Gasteiger partial charge >= 0.3 is 5.97 Å². The van der Waals surface area contributed by atoms with Crippen LogP contribution in [0, 0.1) is 5.82 Å². The summed E-state index contributed by atoms with van der Waals surface area (Å²) >= 11 is 1.25. The van der Waals surface area contributed by atoms with E-state index >= 15 is 0 Å². The highest BCUT2D eigenvalue weighted by Crippen LogP contribution is 2.20. The van der Waals surface area contributed by atoms with Crippen molar-refractivity contribution in [3.63, 3.8) is 0 Å². The van der Waals surface area contributed by atoms with E-state index in [1.807, 2.05) is 0 Å². The van der Waals surface area contributed by atoms with E-state index in [1.54, 1.807) is 17.6 Å². The number of amides is 1. The van der Waals surface area contributed by atoms with Crippen molar-refractivity contribution in [2.24, 2.45) is 0 Å². The van der Waals surface area contributed by atoms with Crippen molar-refractivity contribution in [1.29, 1.82) is 0 Å². The molecule has 0 saturated carbocycles. The lowest BCUT2D eigenvalue weighted by Gasteiger charge is -2.13. The fourth-order valence-electron chi connectivity index (χ4n) is 2.30. The summed E-state index contributed by atoms with van der Waals surface area (Å²) in [5.74, 6) is -2.06. The predicted octanol–water partition coefficient (Wildman–Crippen LogP) is 2.19. The fraction of sp³-hybridized carbons (Fsp3) is 0.133. The first-order chi connectivity index (χ1) is 11.0. The summed E-state index contributed by atoms with van der Waals surface area (Å²) in [7, 11) is 0. The standard InChI is InChI=1S/C15H12FN3O3S/c16-9-1-2-10-8(5-17-11(10)4-9)3-12(15(21)22)19-14(20)13-6-23-7-18-13/h1-2,4-7,12,17H,3H2,(H,19,20)(H,21,22)/t12-/m1/s1. The van der Waals surface area contributed by atoms with Crippen LogP contribution in [0.2, 0.25) is 0 Å². The molecule has 3 N–H and O–H groups in total. The summed E-state index contributed by atoms with van der Waals surface area (Å²) in [4.78, 5) is 30.1. The number of thiazole rings is 1. The molecular weight excluding hydrogens is 321 g/mol. The molecule has 1 amide bonds. The summed E-state index contributed by atoms with van der Waals surface area (Å²) in [6, 6.07) is 3.12. The van der Waals surface area contributed by atoms with Crippen molar-refractivity contribution in [1.82, 2.24) is 15.3 Å². The molecule has 0 unspecified atom stereocenters. The maximum Gasteiger partial charge on any atom is 0.326 e. The second-order valence-corrected chi connectivity index (χ2v) is 5.66. The van der Waals surface area contributed by atoms with E-state index in [0.717, 1.165) is 5.39 Å². The van der Waals surface area contributed by atoms with Gasteiger partial charge < -0.3 is 15.4 Å². The van der Waals surface area contributed by atoms with Crippen LogP contribution >= 0.6 is 11.3 Å². The summed E-state index contributed by atoms with van der Waals surface area (Å²) in [6.07, 6.45) is 1.70. The van der Waals surface area contributed by atoms with Crippen molar-refractivity contribution in [3.8, 4) is 0 Å². The lowest BCUT2D eigenvalue weighted by atomic mass is 10.0. The van der Waals surface area contributed by atoms with Crippen LogP contribution in [0.1, 0.15) is 16.1 Å². The van der Waals surface area contributed by atoms with Gasteiger partial charge in [0, 0.05) is 28.9 Å². The number of hydrogen-bond acceptors (Lipinski definition) is 4. The molecule has 1 atom stereocenters. The summed E-state index contributed by atoms with van der Waals surface area (Å²) in [5.41, 5.74) is 2.95. The molecule has 3 rings (SSSR count). The predicted molar refractivity (Wildman–Crippen MR) is 83.0 cm³/mol. The Morgan fingerprint density at radius 2 is 2.26 bits per heavy atom. The van der Waals surface area contributed by atoms with E-state index < -0.39 is 17.9 Å². The Balaban J connectivity index is 1.81. The van der Waals surface area contributed by atoms with Gasteiger partial charge in [-0.2, -0.15) is 0 Å². The molecule has 0 radical (unpaired) electrons. The van der Waals surface area contributed by atoms with Crippen molar-refractivity contribution < 1.29 is 19.1 Å². The number of nitrogens with zero attached hydrogens (tertiary/aromatic N) is 1. The number of halogens is 1. The molecule has 8 heteroatoms. The fourth-order valence-corrected chi connectivity index (χ4v) is 2.84. The molecule has 0 aliphatic rings. The minimum atomic E-state index is -1.15. The molecule has 23 heavy (non-hydrogen) atoms. The number of hydrogen-bond donors (Lipinski definition) is 3. The first kappa shape index (κ1) is 15.2. The number of carboxylic acids is 1. The third-order valence-electron chi connectivity index (χ3n) is 3.42. The first-order valence-electron chi connectivity index (χ1n) is 6.72. The van der Waals surface area contributed by atoms with Crippen LogP contribution < -0.4 is 5.32 Å². The third-order valence-corrected chi connectivity index (χ3v) is 4.01. The normalized spacial score (nSPS) is 12.2. The molecule has 6 nitrogen and oxygen atoms in total. The molecule has 0 aliphatic carbocycles. The Kier molecular flexibility index (Phi) is 4.07. The topological polar surface area (TPSA) is 95.1 Å². The lowest BCUT2D eigenvalue weighted by Crippen LogP contribution is -2.42. The zero-order chi connectivity index (χ0) is 16.4. The number of carbonyl (C=O) groups is 2. The molecule has 118 valence electrons. The minimum Gasteiger partial charge on any atom is -0.480 e. The van der Waals surface area contributed by atoms with Crippen LogP contribution in [0.25, 0.3) is 10.9 Å². The van der Waals surface area contributed by atoms with E-state index in [1.165, 1.54) is 29.0 Å². The van der Waals surface area contributed by atoms with Crippen molar-refractivity contribution >= 4 is 34.1 Å². The lowest BCUT2D eigenvalue weighted by molar-refractivity contribution is -0.139. The molecule has 2 aromatic heterocycles. The van der Waals surface area contributed by atoms with Gasteiger partial charge in [0.2, 0.25) is 0 Å². The molecule has 0 saturated heterocycles. The van der Waals surface area contributed by atoms with Gasteiger partial charge in [-0.25, -0.2) is 14.2 Å². The van der Waals surface area contributed by atoms with E-state index in [9.17, 15) is 19.1 Å². The largest absolute Gasteiger partial charge is 0.480 e. The smallest absolute Gasteiger partial charge is 0.326 e. The Hall–Kier alpha value is -2.74. The quantitative estimate of drug-likeness (QED) is 0.667. The van der Waals surface area contributed by atoms with Gasteiger partial charge in [0.1, 0.15) is 17.6 Å². The van der Waals surface area contributed by atoms with Crippen LogP contribution in [0.15, 0.2) is 35.3 Å². The van der Waals surface area contributed by atoms with E-state index in [0.29, 0.717) is 11.1 Å². The number of benzene rings is 1. The number of H-pyrrole nitrogens is 1. The Morgan fingerprint density at radius 1 is 1.43 bits per heavy atom. The van der Waals surface area contributed by atoms with E-state index in [4.69, 9.17) is 0 Å². The Morgan fingerprint density at radius 3 is 2.96 bits per heavy atom. The highest BCUT2D eigenvalue weighted by Gasteiger charge is 2.23. The number of nitrogens with one attached hydrogen (secondary N) is 2. The third kappa shape index (κ3) is 3.21. The average molecular weight is 333 g/mol. The van der Waals surface area contributed by atoms with E-state index in [-0.39, 0.29) is 17.9 Å². The van der Waals surface area contributed by atoms with Gasteiger partial charge in [-0.05, 0) is 23.8 Å². The average Bonchev–Trinajstić information content (AvgIpc) is 3.16. The Labute approximate surface area is 134 Å². The molecule has 0 fully saturated rings. The van der Waals surface area contributed by atoms with Gasteiger partial charge in [-0.1, -0.05) is 0 Å². The summed E-state index contributed by atoms with van der Waals surface area (Å²) in [5, 5.41) is 14.0. The SMILES string of the molecule is O=C(N[C@H](Cc1c[nH]c2cc(F)ccc12)C(=O)O)c1cscn1. The number of rotatable bonds is 5. The van der Waals surface area contributed by atoms with Gasteiger partial charge in [-0.15, -0.1) is 11.3 Å². The number of carbonyl (C=O) groups excluding carboxylic acids is 1. The van der Waals surface area contributed by atoms with Crippen LogP contribution in [0.4, 0.5) is 4.39 Å². The van der Waals surface area contributed by atoms with Gasteiger partial charge in [0.25, 0.3) is 5.91 Å². The molecule has 1 aromatic carbocycles. The van der Waals surface area contributed by atoms with E-state index in [2.05, 4.69) is 15.3 Å². The Bertz CT molecular complexity index is 860. The van der Waals surface area contributed by atoms with Gasteiger partial charge in [0.05, 0.1) is 5.51 Å². The molecule has 0 aliphatic heterocycles.